The number of piperidine rings is 1. The Morgan fingerprint density at radius 2 is 2.05 bits per heavy atom. The third kappa shape index (κ3) is 3.51. The summed E-state index contributed by atoms with van der Waals surface area (Å²) in [6.07, 6.45) is 2.80. The standard InChI is InChI=1S/C16H24N2O2/c19-15-5-8-18(9-6-15)10-7-17-14-11-13-3-1-2-4-16(13)20-12-14/h1-4,14-15,17,19H,5-12H2. The van der Waals surface area contributed by atoms with Crippen LogP contribution in [-0.4, -0.2) is 54.9 Å². The molecular formula is C16H24N2O2. The quantitative estimate of drug-likeness (QED) is 0.862. The van der Waals surface area contributed by atoms with Gasteiger partial charge in [0.25, 0.3) is 0 Å². The van der Waals surface area contributed by atoms with Gasteiger partial charge in [-0.3, -0.25) is 0 Å². The van der Waals surface area contributed by atoms with E-state index in [1.807, 2.05) is 12.1 Å². The van der Waals surface area contributed by atoms with Gasteiger partial charge in [-0.2, -0.15) is 0 Å². The number of aliphatic hydroxyl groups excluding tert-OH is 1. The highest BCUT2D eigenvalue weighted by atomic mass is 16.5. The maximum atomic E-state index is 9.49. The minimum absolute atomic E-state index is 0.0811. The summed E-state index contributed by atoms with van der Waals surface area (Å²) in [6.45, 7) is 4.85. The molecule has 0 aromatic heterocycles. The molecule has 0 radical (unpaired) electrons. The fourth-order valence-corrected chi connectivity index (χ4v) is 3.03. The van der Waals surface area contributed by atoms with Crippen molar-refractivity contribution in [2.24, 2.45) is 0 Å². The average molecular weight is 276 g/mol. The van der Waals surface area contributed by atoms with Crippen molar-refractivity contribution < 1.29 is 9.84 Å². The van der Waals surface area contributed by atoms with Crippen molar-refractivity contribution in [1.29, 1.82) is 0 Å². The van der Waals surface area contributed by atoms with Crippen LogP contribution in [0.1, 0.15) is 18.4 Å². The maximum Gasteiger partial charge on any atom is 0.122 e. The number of likely N-dealkylation sites (tertiary alicyclic amines) is 1. The lowest BCUT2D eigenvalue weighted by Gasteiger charge is -2.31. The van der Waals surface area contributed by atoms with E-state index in [1.165, 1.54) is 5.56 Å². The molecule has 20 heavy (non-hydrogen) atoms. The van der Waals surface area contributed by atoms with E-state index in [0.29, 0.717) is 6.04 Å². The van der Waals surface area contributed by atoms with Crippen LogP contribution in [0.3, 0.4) is 0 Å². The molecule has 4 nitrogen and oxygen atoms in total. The Labute approximate surface area is 120 Å². The second-order valence-electron chi connectivity index (χ2n) is 5.85. The van der Waals surface area contributed by atoms with Crippen molar-refractivity contribution in [3.05, 3.63) is 29.8 Å². The molecule has 110 valence electrons. The van der Waals surface area contributed by atoms with Crippen molar-refractivity contribution in [2.75, 3.05) is 32.8 Å². The molecule has 1 unspecified atom stereocenters. The molecule has 0 spiro atoms. The minimum atomic E-state index is -0.0811. The lowest BCUT2D eigenvalue weighted by molar-refractivity contribution is 0.0822. The number of hydrogen-bond acceptors (Lipinski definition) is 4. The summed E-state index contributed by atoms with van der Waals surface area (Å²) < 4.78 is 5.78. The van der Waals surface area contributed by atoms with E-state index in [1.54, 1.807) is 0 Å². The SMILES string of the molecule is OC1CCN(CCNC2COc3ccccc3C2)CC1. The number of nitrogens with zero attached hydrogens (tertiary/aromatic N) is 1. The highest BCUT2D eigenvalue weighted by Gasteiger charge is 2.20. The molecular weight excluding hydrogens is 252 g/mol. The van der Waals surface area contributed by atoms with Gasteiger partial charge in [-0.15, -0.1) is 0 Å². The van der Waals surface area contributed by atoms with Crippen LogP contribution in [0.15, 0.2) is 24.3 Å². The zero-order valence-corrected chi connectivity index (χ0v) is 11.9. The monoisotopic (exact) mass is 276 g/mol. The second-order valence-corrected chi connectivity index (χ2v) is 5.85. The zero-order valence-electron chi connectivity index (χ0n) is 11.9. The zero-order chi connectivity index (χ0) is 13.8. The molecule has 2 heterocycles. The average Bonchev–Trinajstić information content (AvgIpc) is 2.49. The maximum absolute atomic E-state index is 9.49. The Balaban J connectivity index is 1.40. The second kappa shape index (κ2) is 6.57. The molecule has 1 aromatic carbocycles. The molecule has 4 heteroatoms. The number of hydrogen-bond donors (Lipinski definition) is 2. The first-order valence-corrected chi connectivity index (χ1v) is 7.66. The van der Waals surface area contributed by atoms with Gasteiger partial charge in [0, 0.05) is 32.2 Å². The molecule has 1 fully saturated rings. The summed E-state index contributed by atoms with van der Waals surface area (Å²) in [4.78, 5) is 2.43. The van der Waals surface area contributed by atoms with E-state index in [9.17, 15) is 5.11 Å². The van der Waals surface area contributed by atoms with E-state index in [-0.39, 0.29) is 6.10 Å². The number of fused-ring (bicyclic) bond motifs is 1. The van der Waals surface area contributed by atoms with E-state index in [0.717, 1.165) is 57.8 Å². The van der Waals surface area contributed by atoms with Crippen LogP contribution < -0.4 is 10.1 Å². The molecule has 3 rings (SSSR count). The predicted octanol–water partition coefficient (Wildman–Crippen LogP) is 1.04. The first-order chi connectivity index (χ1) is 9.81. The Bertz CT molecular complexity index is 430. The molecule has 0 amide bonds. The van der Waals surface area contributed by atoms with Gasteiger partial charge in [-0.1, -0.05) is 18.2 Å². The van der Waals surface area contributed by atoms with Gasteiger partial charge in [0.15, 0.2) is 0 Å². The number of aliphatic hydroxyl groups is 1. The molecule has 0 aliphatic carbocycles. The first kappa shape index (κ1) is 13.9. The predicted molar refractivity (Wildman–Crippen MR) is 79.1 cm³/mol. The molecule has 1 aromatic rings. The summed E-state index contributed by atoms with van der Waals surface area (Å²) in [5.41, 5.74) is 1.30. The molecule has 2 aliphatic heterocycles. The lowest BCUT2D eigenvalue weighted by atomic mass is 10.0. The van der Waals surface area contributed by atoms with Crippen molar-refractivity contribution in [2.45, 2.75) is 31.4 Å². The van der Waals surface area contributed by atoms with Gasteiger partial charge in [-0.25, -0.2) is 0 Å². The normalized spacial score (nSPS) is 24.1. The molecule has 0 bridgehead atoms. The van der Waals surface area contributed by atoms with Crippen LogP contribution in [0.2, 0.25) is 0 Å². The van der Waals surface area contributed by atoms with Gasteiger partial charge < -0.3 is 20.1 Å². The third-order valence-corrected chi connectivity index (χ3v) is 4.30. The fourth-order valence-electron chi connectivity index (χ4n) is 3.03. The Hall–Kier alpha value is -1.10. The molecule has 0 saturated carbocycles. The van der Waals surface area contributed by atoms with Gasteiger partial charge in [0.05, 0.1) is 6.10 Å². The third-order valence-electron chi connectivity index (χ3n) is 4.30. The highest BCUT2D eigenvalue weighted by Crippen LogP contribution is 2.23. The van der Waals surface area contributed by atoms with E-state index < -0.39 is 0 Å². The van der Waals surface area contributed by atoms with E-state index in [2.05, 4.69) is 22.3 Å². The van der Waals surface area contributed by atoms with Crippen LogP contribution in [0, 0.1) is 0 Å². The fraction of sp³-hybridized carbons (Fsp3) is 0.625. The van der Waals surface area contributed by atoms with Crippen molar-refractivity contribution in [3.8, 4) is 5.75 Å². The van der Waals surface area contributed by atoms with Crippen molar-refractivity contribution in [1.82, 2.24) is 10.2 Å². The lowest BCUT2D eigenvalue weighted by Crippen LogP contribution is -2.45. The smallest absolute Gasteiger partial charge is 0.122 e. The minimum Gasteiger partial charge on any atom is -0.492 e. The van der Waals surface area contributed by atoms with Gasteiger partial charge in [0.1, 0.15) is 12.4 Å². The van der Waals surface area contributed by atoms with E-state index in [4.69, 9.17) is 4.74 Å². The van der Waals surface area contributed by atoms with Crippen molar-refractivity contribution >= 4 is 0 Å². The summed E-state index contributed by atoms with van der Waals surface area (Å²) in [6, 6.07) is 8.71. The summed E-state index contributed by atoms with van der Waals surface area (Å²) in [5, 5.41) is 13.1. The largest absolute Gasteiger partial charge is 0.492 e. The topological polar surface area (TPSA) is 44.7 Å². The first-order valence-electron chi connectivity index (χ1n) is 7.66. The van der Waals surface area contributed by atoms with Crippen LogP contribution >= 0.6 is 0 Å². The molecule has 2 N–H and O–H groups in total. The Morgan fingerprint density at radius 1 is 1.25 bits per heavy atom. The number of para-hydroxylation sites is 1. The van der Waals surface area contributed by atoms with Crippen LogP contribution in [-0.2, 0) is 6.42 Å². The number of rotatable bonds is 4. The molecule has 2 aliphatic rings. The van der Waals surface area contributed by atoms with E-state index >= 15 is 0 Å². The van der Waals surface area contributed by atoms with Crippen molar-refractivity contribution in [3.63, 3.8) is 0 Å². The Morgan fingerprint density at radius 3 is 2.90 bits per heavy atom. The summed E-state index contributed by atoms with van der Waals surface area (Å²) in [5.74, 6) is 1.04. The van der Waals surface area contributed by atoms with Gasteiger partial charge in [0.2, 0.25) is 0 Å². The highest BCUT2D eigenvalue weighted by molar-refractivity contribution is 5.35. The Kier molecular flexibility index (Phi) is 4.55. The number of nitrogens with one attached hydrogen (secondary N) is 1. The number of benzene rings is 1. The number of ether oxygens (including phenoxy) is 1. The van der Waals surface area contributed by atoms with Crippen LogP contribution in [0.4, 0.5) is 0 Å². The van der Waals surface area contributed by atoms with Crippen LogP contribution in [0.25, 0.3) is 0 Å². The summed E-state index contributed by atoms with van der Waals surface area (Å²) >= 11 is 0. The van der Waals surface area contributed by atoms with Crippen LogP contribution in [0.5, 0.6) is 5.75 Å². The molecule has 1 saturated heterocycles. The summed E-state index contributed by atoms with van der Waals surface area (Å²) in [7, 11) is 0. The van der Waals surface area contributed by atoms with Gasteiger partial charge in [-0.05, 0) is 30.9 Å². The van der Waals surface area contributed by atoms with Gasteiger partial charge >= 0.3 is 0 Å². The molecule has 1 atom stereocenters.